The summed E-state index contributed by atoms with van der Waals surface area (Å²) in [6.07, 6.45) is 3.30. The van der Waals surface area contributed by atoms with E-state index in [2.05, 4.69) is 29.7 Å². The largest absolute Gasteiger partial charge is 0.354 e. The summed E-state index contributed by atoms with van der Waals surface area (Å²) in [7, 11) is 0. The van der Waals surface area contributed by atoms with E-state index < -0.39 is 0 Å². The number of rotatable bonds is 5. The molecule has 1 fully saturated rings. The molecule has 0 saturated carbocycles. The third-order valence-electron chi connectivity index (χ3n) is 3.27. The van der Waals surface area contributed by atoms with Gasteiger partial charge in [-0.25, -0.2) is 0 Å². The van der Waals surface area contributed by atoms with Crippen LogP contribution in [-0.2, 0) is 4.79 Å². The van der Waals surface area contributed by atoms with Crippen LogP contribution < -0.4 is 10.6 Å². The monoisotopic (exact) mass is 314 g/mol. The van der Waals surface area contributed by atoms with Crippen LogP contribution in [-0.4, -0.2) is 30.3 Å². The van der Waals surface area contributed by atoms with Crippen molar-refractivity contribution in [1.82, 2.24) is 10.6 Å². The lowest BCUT2D eigenvalue weighted by Crippen LogP contribution is -2.47. The molecule has 2 N–H and O–H groups in total. The molecule has 1 aliphatic rings. The Bertz CT molecular complexity index is 396. The van der Waals surface area contributed by atoms with Crippen molar-refractivity contribution in [3.8, 4) is 0 Å². The van der Waals surface area contributed by atoms with Crippen LogP contribution in [0.25, 0.3) is 0 Å². The molecule has 20 heavy (non-hydrogen) atoms. The van der Waals surface area contributed by atoms with Crippen molar-refractivity contribution in [2.45, 2.75) is 42.4 Å². The third-order valence-corrected chi connectivity index (χ3v) is 4.38. The van der Waals surface area contributed by atoms with Crippen molar-refractivity contribution in [3.63, 3.8) is 0 Å². The molecule has 1 aromatic carbocycles. The van der Waals surface area contributed by atoms with Crippen LogP contribution in [0.1, 0.15) is 26.2 Å². The molecule has 1 amide bonds. The number of amides is 1. The number of benzene rings is 1. The topological polar surface area (TPSA) is 41.1 Å². The van der Waals surface area contributed by atoms with Gasteiger partial charge in [-0.15, -0.1) is 24.2 Å². The van der Waals surface area contributed by atoms with Crippen molar-refractivity contribution >= 4 is 30.1 Å². The Balaban J connectivity index is 0.00000200. The van der Waals surface area contributed by atoms with Gasteiger partial charge in [0.25, 0.3) is 0 Å². The Morgan fingerprint density at radius 1 is 1.40 bits per heavy atom. The second kappa shape index (κ2) is 9.27. The molecule has 0 radical (unpaired) electrons. The fourth-order valence-electron chi connectivity index (χ4n) is 2.22. The number of piperidine rings is 1. The molecule has 1 saturated heterocycles. The Hall–Kier alpha value is -0.710. The van der Waals surface area contributed by atoms with E-state index in [0.29, 0.717) is 5.25 Å². The standard InChI is InChI=1S/C15H22N2OS.ClH/c1-12(19-13-7-3-2-4-8-13)11-17-15(18)14-9-5-6-10-16-14;/h2-4,7-8,12,14,16H,5-6,9-11H2,1H3,(H,17,18);1H. The zero-order valence-electron chi connectivity index (χ0n) is 11.8. The van der Waals surface area contributed by atoms with Crippen molar-refractivity contribution in [3.05, 3.63) is 30.3 Å². The zero-order valence-corrected chi connectivity index (χ0v) is 13.4. The predicted molar refractivity (Wildman–Crippen MR) is 87.7 cm³/mol. The molecule has 0 aromatic heterocycles. The summed E-state index contributed by atoms with van der Waals surface area (Å²) < 4.78 is 0. The first-order valence-corrected chi connectivity index (χ1v) is 7.86. The number of carbonyl (C=O) groups is 1. The first-order valence-electron chi connectivity index (χ1n) is 6.98. The lowest BCUT2D eigenvalue weighted by atomic mass is 10.0. The Morgan fingerprint density at radius 2 is 2.15 bits per heavy atom. The normalized spacial score (nSPS) is 19.8. The van der Waals surface area contributed by atoms with Crippen LogP contribution >= 0.6 is 24.2 Å². The van der Waals surface area contributed by atoms with E-state index in [-0.39, 0.29) is 24.4 Å². The molecule has 3 nitrogen and oxygen atoms in total. The van der Waals surface area contributed by atoms with E-state index in [4.69, 9.17) is 0 Å². The Labute approximate surface area is 131 Å². The van der Waals surface area contributed by atoms with Crippen LogP contribution in [0.5, 0.6) is 0 Å². The first-order chi connectivity index (χ1) is 9.25. The highest BCUT2D eigenvalue weighted by molar-refractivity contribution is 8.00. The summed E-state index contributed by atoms with van der Waals surface area (Å²) >= 11 is 1.80. The fourth-order valence-corrected chi connectivity index (χ4v) is 3.16. The van der Waals surface area contributed by atoms with E-state index in [1.165, 1.54) is 11.3 Å². The van der Waals surface area contributed by atoms with Gasteiger partial charge >= 0.3 is 0 Å². The minimum atomic E-state index is 0. The van der Waals surface area contributed by atoms with Gasteiger partial charge in [0.2, 0.25) is 5.91 Å². The van der Waals surface area contributed by atoms with Crippen molar-refractivity contribution in [2.75, 3.05) is 13.1 Å². The minimum absolute atomic E-state index is 0. The molecule has 112 valence electrons. The number of nitrogens with one attached hydrogen (secondary N) is 2. The Morgan fingerprint density at radius 3 is 2.80 bits per heavy atom. The lowest BCUT2D eigenvalue weighted by Gasteiger charge is -2.23. The summed E-state index contributed by atoms with van der Waals surface area (Å²) in [6, 6.07) is 10.3. The maximum Gasteiger partial charge on any atom is 0.237 e. The van der Waals surface area contributed by atoms with E-state index in [1.54, 1.807) is 11.8 Å². The summed E-state index contributed by atoms with van der Waals surface area (Å²) in [5.41, 5.74) is 0. The molecule has 2 rings (SSSR count). The number of halogens is 1. The smallest absolute Gasteiger partial charge is 0.237 e. The molecular formula is C15H23ClN2OS. The molecule has 2 atom stereocenters. The second-order valence-corrected chi connectivity index (χ2v) is 6.50. The molecular weight excluding hydrogens is 292 g/mol. The summed E-state index contributed by atoms with van der Waals surface area (Å²) in [5.74, 6) is 0.153. The Kier molecular flexibility index (Phi) is 8.04. The molecule has 1 aliphatic heterocycles. The average Bonchev–Trinajstić information content (AvgIpc) is 2.47. The van der Waals surface area contributed by atoms with E-state index in [0.717, 1.165) is 25.9 Å². The summed E-state index contributed by atoms with van der Waals surface area (Å²) in [6.45, 7) is 3.83. The van der Waals surface area contributed by atoms with Gasteiger partial charge in [-0.3, -0.25) is 4.79 Å². The molecule has 2 unspecified atom stereocenters. The van der Waals surface area contributed by atoms with Crippen LogP contribution in [0.3, 0.4) is 0 Å². The van der Waals surface area contributed by atoms with Gasteiger partial charge in [0, 0.05) is 16.7 Å². The number of hydrogen-bond acceptors (Lipinski definition) is 3. The molecule has 0 aliphatic carbocycles. The molecule has 0 bridgehead atoms. The van der Waals surface area contributed by atoms with E-state index >= 15 is 0 Å². The predicted octanol–water partition coefficient (Wildman–Crippen LogP) is 2.85. The van der Waals surface area contributed by atoms with Gasteiger partial charge in [0.15, 0.2) is 0 Å². The van der Waals surface area contributed by atoms with Crippen molar-refractivity contribution in [1.29, 1.82) is 0 Å². The molecule has 0 spiro atoms. The van der Waals surface area contributed by atoms with Crippen molar-refractivity contribution in [2.24, 2.45) is 0 Å². The van der Waals surface area contributed by atoms with Crippen molar-refractivity contribution < 1.29 is 4.79 Å². The van der Waals surface area contributed by atoms with Gasteiger partial charge in [-0.1, -0.05) is 31.5 Å². The van der Waals surface area contributed by atoms with Crippen LogP contribution in [0.15, 0.2) is 35.2 Å². The second-order valence-electron chi connectivity index (χ2n) is 4.99. The number of carbonyl (C=O) groups excluding carboxylic acids is 1. The maximum atomic E-state index is 12.0. The third kappa shape index (κ3) is 5.73. The quantitative estimate of drug-likeness (QED) is 0.821. The van der Waals surface area contributed by atoms with Crippen LogP contribution in [0, 0.1) is 0 Å². The van der Waals surface area contributed by atoms with Gasteiger partial charge in [0.05, 0.1) is 6.04 Å². The van der Waals surface area contributed by atoms with Gasteiger partial charge in [-0.2, -0.15) is 0 Å². The van der Waals surface area contributed by atoms with Gasteiger partial charge in [0.1, 0.15) is 0 Å². The SMILES string of the molecule is CC(CNC(=O)C1CCCCN1)Sc1ccccc1.Cl. The summed E-state index contributed by atoms with van der Waals surface area (Å²) in [4.78, 5) is 13.2. The molecule has 1 heterocycles. The van der Waals surface area contributed by atoms with E-state index in [1.807, 2.05) is 18.2 Å². The number of thioether (sulfide) groups is 1. The minimum Gasteiger partial charge on any atom is -0.354 e. The average molecular weight is 315 g/mol. The summed E-state index contributed by atoms with van der Waals surface area (Å²) in [5, 5.41) is 6.71. The fraction of sp³-hybridized carbons (Fsp3) is 0.533. The highest BCUT2D eigenvalue weighted by Crippen LogP contribution is 2.22. The van der Waals surface area contributed by atoms with Gasteiger partial charge in [-0.05, 0) is 31.5 Å². The van der Waals surface area contributed by atoms with E-state index in [9.17, 15) is 4.79 Å². The van der Waals surface area contributed by atoms with Crippen LogP contribution in [0.4, 0.5) is 0 Å². The number of hydrogen-bond donors (Lipinski definition) is 2. The molecule has 5 heteroatoms. The first kappa shape index (κ1) is 17.3. The highest BCUT2D eigenvalue weighted by Gasteiger charge is 2.20. The highest BCUT2D eigenvalue weighted by atomic mass is 35.5. The van der Waals surface area contributed by atoms with Gasteiger partial charge < -0.3 is 10.6 Å². The maximum absolute atomic E-state index is 12.0. The molecule has 1 aromatic rings. The zero-order chi connectivity index (χ0) is 13.5. The van der Waals surface area contributed by atoms with Crippen LogP contribution in [0.2, 0.25) is 0 Å². The lowest BCUT2D eigenvalue weighted by molar-refractivity contribution is -0.123.